The Bertz CT molecular complexity index is 651. The van der Waals surface area contributed by atoms with Crippen molar-refractivity contribution in [2.24, 2.45) is 0 Å². The van der Waals surface area contributed by atoms with E-state index < -0.39 is 5.97 Å². The van der Waals surface area contributed by atoms with Crippen LogP contribution in [0.25, 0.3) is 0 Å². The van der Waals surface area contributed by atoms with E-state index in [0.717, 1.165) is 24.9 Å². The third-order valence-electron chi connectivity index (χ3n) is 4.07. The first kappa shape index (κ1) is 13.7. The van der Waals surface area contributed by atoms with Crippen LogP contribution < -0.4 is 4.90 Å². The summed E-state index contributed by atoms with van der Waals surface area (Å²) in [4.78, 5) is 13.7. The third-order valence-corrected chi connectivity index (χ3v) is 4.07. The number of anilines is 1. The van der Waals surface area contributed by atoms with Crippen LogP contribution in [0.3, 0.4) is 0 Å². The van der Waals surface area contributed by atoms with Crippen LogP contribution in [-0.4, -0.2) is 17.6 Å². The predicted molar refractivity (Wildman–Crippen MR) is 83.8 cm³/mol. The van der Waals surface area contributed by atoms with Gasteiger partial charge in [0.1, 0.15) is 0 Å². The molecule has 3 heteroatoms. The van der Waals surface area contributed by atoms with Crippen molar-refractivity contribution in [3.63, 3.8) is 0 Å². The molecule has 1 heterocycles. The number of carboxylic acid groups (broad SMARTS) is 1. The molecule has 108 valence electrons. The molecule has 1 aliphatic rings. The summed E-state index contributed by atoms with van der Waals surface area (Å²) >= 11 is 0. The van der Waals surface area contributed by atoms with Gasteiger partial charge in [0.05, 0.1) is 5.56 Å². The van der Waals surface area contributed by atoms with E-state index in [2.05, 4.69) is 29.2 Å². The average molecular weight is 281 g/mol. The second-order valence-electron chi connectivity index (χ2n) is 5.47. The number of rotatable bonds is 3. The zero-order valence-corrected chi connectivity index (χ0v) is 12.0. The maximum Gasteiger partial charge on any atom is 0.336 e. The Morgan fingerprint density at radius 1 is 1.05 bits per heavy atom. The molecule has 2 aromatic carbocycles. The van der Waals surface area contributed by atoms with Gasteiger partial charge in [0.25, 0.3) is 0 Å². The van der Waals surface area contributed by atoms with Gasteiger partial charge in [0.15, 0.2) is 0 Å². The highest BCUT2D eigenvalue weighted by atomic mass is 16.4. The van der Waals surface area contributed by atoms with Gasteiger partial charge in [-0.2, -0.15) is 0 Å². The van der Waals surface area contributed by atoms with Gasteiger partial charge in [-0.1, -0.05) is 36.4 Å². The Balaban J connectivity index is 1.93. The fraction of sp³-hybridized carbons (Fsp3) is 0.278. The van der Waals surface area contributed by atoms with Gasteiger partial charge in [0.2, 0.25) is 0 Å². The number of benzene rings is 2. The minimum absolute atomic E-state index is 0.402. The fourth-order valence-electron chi connectivity index (χ4n) is 3.01. The highest BCUT2D eigenvalue weighted by Crippen LogP contribution is 2.28. The van der Waals surface area contributed by atoms with Gasteiger partial charge < -0.3 is 10.0 Å². The maximum atomic E-state index is 11.4. The summed E-state index contributed by atoms with van der Waals surface area (Å²) in [7, 11) is 0. The van der Waals surface area contributed by atoms with Crippen LogP contribution in [0.4, 0.5) is 5.69 Å². The number of hydrogen-bond donors (Lipinski definition) is 1. The summed E-state index contributed by atoms with van der Waals surface area (Å²) in [6.07, 6.45) is 3.44. The molecule has 0 atom stereocenters. The maximum absolute atomic E-state index is 11.4. The molecule has 0 aliphatic carbocycles. The van der Waals surface area contributed by atoms with Gasteiger partial charge in [0, 0.05) is 18.8 Å². The quantitative estimate of drug-likeness (QED) is 0.932. The Morgan fingerprint density at radius 3 is 2.67 bits per heavy atom. The van der Waals surface area contributed by atoms with E-state index in [1.807, 2.05) is 12.1 Å². The highest BCUT2D eigenvalue weighted by molar-refractivity contribution is 5.89. The first-order valence-corrected chi connectivity index (χ1v) is 7.40. The first-order valence-electron chi connectivity index (χ1n) is 7.40. The van der Waals surface area contributed by atoms with Crippen molar-refractivity contribution in [1.82, 2.24) is 0 Å². The van der Waals surface area contributed by atoms with Crippen molar-refractivity contribution >= 4 is 11.7 Å². The summed E-state index contributed by atoms with van der Waals surface area (Å²) in [5.41, 5.74) is 3.89. The molecule has 0 radical (unpaired) electrons. The van der Waals surface area contributed by atoms with Crippen LogP contribution in [0.15, 0.2) is 48.5 Å². The van der Waals surface area contributed by atoms with E-state index in [4.69, 9.17) is 0 Å². The van der Waals surface area contributed by atoms with E-state index in [9.17, 15) is 9.90 Å². The number of carboxylic acids is 1. The lowest BCUT2D eigenvalue weighted by atomic mass is 10.1. The minimum Gasteiger partial charge on any atom is -0.478 e. The lowest BCUT2D eigenvalue weighted by Gasteiger charge is -2.25. The van der Waals surface area contributed by atoms with Crippen LogP contribution in [0.5, 0.6) is 0 Å². The lowest BCUT2D eigenvalue weighted by molar-refractivity contribution is 0.0695. The predicted octanol–water partition coefficient (Wildman–Crippen LogP) is 3.73. The second-order valence-corrected chi connectivity index (χ2v) is 5.47. The van der Waals surface area contributed by atoms with Crippen LogP contribution in [0, 0.1) is 0 Å². The van der Waals surface area contributed by atoms with Crippen molar-refractivity contribution < 1.29 is 9.90 Å². The SMILES string of the molecule is O=C(O)c1ccccc1CN1CCCCc2ccccc21. The highest BCUT2D eigenvalue weighted by Gasteiger charge is 2.17. The normalized spacial score (nSPS) is 14.4. The number of aryl methyl sites for hydroxylation is 1. The fourth-order valence-corrected chi connectivity index (χ4v) is 3.01. The summed E-state index contributed by atoms with van der Waals surface area (Å²) < 4.78 is 0. The molecule has 0 saturated heterocycles. The number of nitrogens with zero attached hydrogens (tertiary/aromatic N) is 1. The molecule has 3 rings (SSSR count). The lowest BCUT2D eigenvalue weighted by Crippen LogP contribution is -2.24. The topological polar surface area (TPSA) is 40.5 Å². The van der Waals surface area contributed by atoms with Gasteiger partial charge >= 0.3 is 5.97 Å². The number of fused-ring (bicyclic) bond motifs is 1. The summed E-state index contributed by atoms with van der Waals surface area (Å²) in [6, 6.07) is 15.7. The third kappa shape index (κ3) is 2.92. The largest absolute Gasteiger partial charge is 0.478 e. The number of hydrogen-bond acceptors (Lipinski definition) is 2. The molecule has 1 aliphatic heterocycles. The molecule has 1 N–H and O–H groups in total. The van der Waals surface area contributed by atoms with Crippen LogP contribution >= 0.6 is 0 Å². The van der Waals surface area contributed by atoms with Crippen molar-refractivity contribution in [2.45, 2.75) is 25.8 Å². The average Bonchev–Trinajstić information content (AvgIpc) is 2.70. The van der Waals surface area contributed by atoms with E-state index in [0.29, 0.717) is 12.1 Å². The molecule has 21 heavy (non-hydrogen) atoms. The standard InChI is InChI=1S/C18H19NO2/c20-18(21)16-10-3-1-9-15(16)13-19-12-6-5-8-14-7-2-4-11-17(14)19/h1-4,7,9-11H,5-6,8,12-13H2,(H,20,21). The zero-order chi connectivity index (χ0) is 14.7. The number of carbonyl (C=O) groups is 1. The molecule has 0 bridgehead atoms. The van der Waals surface area contributed by atoms with E-state index in [-0.39, 0.29) is 0 Å². The van der Waals surface area contributed by atoms with Gasteiger partial charge in [-0.15, -0.1) is 0 Å². The Morgan fingerprint density at radius 2 is 1.81 bits per heavy atom. The number of aromatic carboxylic acids is 1. The Kier molecular flexibility index (Phi) is 3.91. The molecule has 0 saturated carbocycles. The minimum atomic E-state index is -0.853. The van der Waals surface area contributed by atoms with Gasteiger partial charge in [-0.25, -0.2) is 4.79 Å². The first-order chi connectivity index (χ1) is 10.3. The zero-order valence-electron chi connectivity index (χ0n) is 12.0. The van der Waals surface area contributed by atoms with Crippen LogP contribution in [0.1, 0.15) is 34.3 Å². The summed E-state index contributed by atoms with van der Waals surface area (Å²) in [5.74, 6) is -0.853. The van der Waals surface area contributed by atoms with Crippen LogP contribution in [-0.2, 0) is 13.0 Å². The monoisotopic (exact) mass is 281 g/mol. The van der Waals surface area contributed by atoms with Gasteiger partial charge in [-0.3, -0.25) is 0 Å². The molecular weight excluding hydrogens is 262 g/mol. The smallest absolute Gasteiger partial charge is 0.336 e. The van der Waals surface area contributed by atoms with Crippen molar-refractivity contribution in [1.29, 1.82) is 0 Å². The Hall–Kier alpha value is -2.29. The van der Waals surface area contributed by atoms with E-state index in [1.165, 1.54) is 17.7 Å². The molecular formula is C18H19NO2. The summed E-state index contributed by atoms with van der Waals surface area (Å²) in [6.45, 7) is 1.63. The van der Waals surface area contributed by atoms with Crippen molar-refractivity contribution in [3.8, 4) is 0 Å². The molecule has 0 aromatic heterocycles. The van der Waals surface area contributed by atoms with E-state index in [1.54, 1.807) is 12.1 Å². The molecule has 0 spiro atoms. The molecule has 0 fully saturated rings. The molecule has 3 nitrogen and oxygen atoms in total. The molecule has 0 unspecified atom stereocenters. The number of para-hydroxylation sites is 1. The van der Waals surface area contributed by atoms with Crippen LogP contribution in [0.2, 0.25) is 0 Å². The van der Waals surface area contributed by atoms with Crippen molar-refractivity contribution in [2.75, 3.05) is 11.4 Å². The van der Waals surface area contributed by atoms with E-state index >= 15 is 0 Å². The summed E-state index contributed by atoms with van der Waals surface area (Å²) in [5, 5.41) is 9.33. The Labute approximate surface area is 124 Å². The van der Waals surface area contributed by atoms with Gasteiger partial charge in [-0.05, 0) is 42.5 Å². The molecule has 0 amide bonds. The molecule has 2 aromatic rings. The second kappa shape index (κ2) is 6.00. The van der Waals surface area contributed by atoms with Crippen molar-refractivity contribution in [3.05, 3.63) is 65.2 Å².